The van der Waals surface area contributed by atoms with Crippen molar-refractivity contribution in [2.45, 2.75) is 0 Å². The second-order valence-electron chi connectivity index (χ2n) is 0.751. The number of nitrogens with zero attached hydrogens (tertiary/aromatic N) is 1. The Labute approximate surface area is 77.1 Å². The summed E-state index contributed by atoms with van der Waals surface area (Å²) in [4.78, 5) is 29.9. The van der Waals surface area contributed by atoms with Crippen LogP contribution < -0.4 is 0 Å². The third kappa shape index (κ3) is 4620. The van der Waals surface area contributed by atoms with E-state index in [0.717, 1.165) is 0 Å². The van der Waals surface area contributed by atoms with Gasteiger partial charge in [-0.3, -0.25) is 0 Å². The Morgan fingerprint density at radius 3 is 1.30 bits per heavy atom. The van der Waals surface area contributed by atoms with E-state index in [-0.39, 0.29) is 29.6 Å². The number of rotatable bonds is 0. The molecule has 1 radical (unpaired) electrons. The minimum Gasteiger partial charge on any atom is -0.328 e. The first-order chi connectivity index (χ1) is 3.73. The third-order valence-corrected chi connectivity index (χ3v) is 0. The first kappa shape index (κ1) is 16.7. The zero-order chi connectivity index (χ0) is 8.08. The van der Waals surface area contributed by atoms with Gasteiger partial charge in [0, 0.05) is 29.6 Å². The molecule has 10 heteroatoms. The molecule has 57 valence electrons. The maximum absolute atomic E-state index is 8.88. The minimum absolute atomic E-state index is 0. The maximum Gasteiger partial charge on any atom is 0.466 e. The number of hydrogen-bond acceptors (Lipinski definition) is 3. The molecule has 0 heterocycles. The second-order valence-corrected chi connectivity index (χ2v) is 1.78. The van der Waals surface area contributed by atoms with E-state index in [2.05, 4.69) is 0 Å². The normalized spacial score (nSPS) is 8.30. The van der Waals surface area contributed by atoms with Crippen LogP contribution in [0.3, 0.4) is 0 Å². The summed E-state index contributed by atoms with van der Waals surface area (Å²) in [5, 5.41) is 13.6. The van der Waals surface area contributed by atoms with E-state index in [1.807, 2.05) is 0 Å². The van der Waals surface area contributed by atoms with Crippen molar-refractivity contribution in [1.29, 1.82) is 0 Å². The molecule has 8 nitrogen and oxygen atoms in total. The van der Waals surface area contributed by atoms with Gasteiger partial charge in [0.25, 0.3) is 5.09 Å². The number of phosphoric acid groups is 1. The molecule has 0 fully saturated rings. The van der Waals surface area contributed by atoms with Crippen LogP contribution in [0.4, 0.5) is 0 Å². The molecule has 0 saturated heterocycles. The Morgan fingerprint density at radius 2 is 1.30 bits per heavy atom. The van der Waals surface area contributed by atoms with Crippen molar-refractivity contribution in [3.63, 3.8) is 0 Å². The molecule has 0 aromatic carbocycles. The van der Waals surface area contributed by atoms with Crippen LogP contribution in [0, 0.1) is 10.1 Å². The van der Waals surface area contributed by atoms with Gasteiger partial charge in [-0.05, 0) is 0 Å². The molecule has 0 aromatic rings. The fourth-order valence-electron chi connectivity index (χ4n) is 0. The third-order valence-electron chi connectivity index (χ3n) is 0. The first-order valence-electron chi connectivity index (χ1n) is 1.35. The van der Waals surface area contributed by atoms with Crippen LogP contribution in [0.5, 0.6) is 0 Å². The molecule has 4 N–H and O–H groups in total. The molecule has 10 heavy (non-hydrogen) atoms. The summed E-state index contributed by atoms with van der Waals surface area (Å²) >= 11 is 0. The summed E-state index contributed by atoms with van der Waals surface area (Å²) in [6, 6.07) is 0. The number of hydrogen-bond donors (Lipinski definition) is 4. The molecule has 0 aliphatic carbocycles. The molecule has 0 rings (SSSR count). The SMILES string of the molecule is O=P(O)(O)O.O=[N+]([O-])O.[Na]. The van der Waals surface area contributed by atoms with Gasteiger partial charge in [0.15, 0.2) is 0 Å². The summed E-state index contributed by atoms with van der Waals surface area (Å²) in [5.74, 6) is 0. The van der Waals surface area contributed by atoms with E-state index in [9.17, 15) is 0 Å². The smallest absolute Gasteiger partial charge is 0.328 e. The largest absolute Gasteiger partial charge is 0.466 e. The van der Waals surface area contributed by atoms with E-state index in [0.29, 0.717) is 0 Å². The van der Waals surface area contributed by atoms with Gasteiger partial charge in [-0.1, -0.05) is 0 Å². The first-order valence-corrected chi connectivity index (χ1v) is 2.91. The van der Waals surface area contributed by atoms with Crippen molar-refractivity contribution >= 4 is 37.4 Å². The van der Waals surface area contributed by atoms with Crippen LogP contribution in [-0.4, -0.2) is 54.5 Å². The summed E-state index contributed by atoms with van der Waals surface area (Å²) in [7, 11) is -4.64. The molecule has 0 aromatic heterocycles. The Hall–Kier alpha value is 0.310. The van der Waals surface area contributed by atoms with E-state index >= 15 is 0 Å². The van der Waals surface area contributed by atoms with Gasteiger partial charge < -0.3 is 19.9 Å². The van der Waals surface area contributed by atoms with E-state index < -0.39 is 12.9 Å². The van der Waals surface area contributed by atoms with Gasteiger partial charge in [0.1, 0.15) is 0 Å². The van der Waals surface area contributed by atoms with Gasteiger partial charge in [0.05, 0.1) is 0 Å². The van der Waals surface area contributed by atoms with Crippen molar-refractivity contribution in [2.24, 2.45) is 0 Å². The summed E-state index contributed by atoms with van der Waals surface area (Å²) in [6.07, 6.45) is 0. The van der Waals surface area contributed by atoms with E-state index in [1.54, 1.807) is 0 Å². The minimum atomic E-state index is -4.64. The molecule has 0 aliphatic heterocycles. The van der Waals surface area contributed by atoms with Crippen molar-refractivity contribution in [3.8, 4) is 0 Å². The summed E-state index contributed by atoms with van der Waals surface area (Å²) in [6.45, 7) is 0. The summed E-state index contributed by atoms with van der Waals surface area (Å²) in [5.41, 5.74) is 0. The topological polar surface area (TPSA) is 141 Å². The molecule has 0 unspecified atom stereocenters. The van der Waals surface area contributed by atoms with Gasteiger partial charge in [-0.15, -0.1) is 10.1 Å². The van der Waals surface area contributed by atoms with Crippen LogP contribution >= 0.6 is 7.82 Å². The zero-order valence-electron chi connectivity index (χ0n) is 4.91. The molecule has 0 bridgehead atoms. The molecule has 0 saturated carbocycles. The van der Waals surface area contributed by atoms with Crippen LogP contribution in [0.25, 0.3) is 0 Å². The fourth-order valence-corrected chi connectivity index (χ4v) is 0. The van der Waals surface area contributed by atoms with E-state index in [1.165, 1.54) is 0 Å². The monoisotopic (exact) mass is 184 g/mol. The van der Waals surface area contributed by atoms with Crippen molar-refractivity contribution < 1.29 is 29.5 Å². The predicted molar refractivity (Wildman–Crippen MR) is 28.8 cm³/mol. The Kier molecular flexibility index (Phi) is 12.4. The van der Waals surface area contributed by atoms with E-state index in [4.69, 9.17) is 34.6 Å². The summed E-state index contributed by atoms with van der Waals surface area (Å²) < 4.78 is 8.88. The van der Waals surface area contributed by atoms with Crippen LogP contribution in [0.15, 0.2) is 0 Å². The maximum atomic E-state index is 8.88. The van der Waals surface area contributed by atoms with Crippen molar-refractivity contribution in [1.82, 2.24) is 0 Å². The van der Waals surface area contributed by atoms with Gasteiger partial charge >= 0.3 is 7.82 Å². The predicted octanol–water partition coefficient (Wildman–Crippen LogP) is -1.66. The van der Waals surface area contributed by atoms with Gasteiger partial charge in [0.2, 0.25) is 0 Å². The Morgan fingerprint density at radius 1 is 1.30 bits per heavy atom. The van der Waals surface area contributed by atoms with Gasteiger partial charge in [-0.2, -0.15) is 0 Å². The molecular weight excluding hydrogens is 180 g/mol. The molecular formula is H4NNaO7P. The van der Waals surface area contributed by atoms with Gasteiger partial charge in [-0.25, -0.2) is 4.57 Å². The Balaban J connectivity index is -0.0000000910. The van der Waals surface area contributed by atoms with Crippen LogP contribution in [0.2, 0.25) is 0 Å². The quantitative estimate of drug-likeness (QED) is 0.153. The van der Waals surface area contributed by atoms with Crippen molar-refractivity contribution in [2.75, 3.05) is 0 Å². The van der Waals surface area contributed by atoms with Crippen molar-refractivity contribution in [3.05, 3.63) is 10.1 Å². The Bertz CT molecular complexity index is 113. The fraction of sp³-hybridized carbons (Fsp3) is 0. The average Bonchev–Trinajstić information content (AvgIpc) is 1.19. The molecule has 0 amide bonds. The molecule has 0 spiro atoms. The second kappa shape index (κ2) is 7.42. The standard InChI is InChI=1S/HNO3.Na.H3O4P/c2-1(3)4;;1-5(2,3)4/h(H,2,3,4);;(H3,1,2,3,4). The molecule has 0 atom stereocenters. The van der Waals surface area contributed by atoms with Crippen LogP contribution in [-0.2, 0) is 4.57 Å². The molecule has 0 aliphatic rings. The zero-order valence-corrected chi connectivity index (χ0v) is 7.80. The van der Waals surface area contributed by atoms with Crippen LogP contribution in [0.1, 0.15) is 0 Å². The average molecular weight is 184 g/mol.